The van der Waals surface area contributed by atoms with Gasteiger partial charge in [0, 0.05) is 6.20 Å². The molecule has 1 aromatic rings. The molecule has 3 N–H and O–H groups in total. The van der Waals surface area contributed by atoms with E-state index in [1.165, 1.54) is 13.3 Å². The van der Waals surface area contributed by atoms with Crippen molar-refractivity contribution in [1.29, 1.82) is 0 Å². The van der Waals surface area contributed by atoms with Gasteiger partial charge in [-0.15, -0.1) is 11.8 Å². The Bertz CT molecular complexity index is 343. The van der Waals surface area contributed by atoms with Crippen LogP contribution in [0.15, 0.2) is 23.6 Å². The van der Waals surface area contributed by atoms with E-state index in [2.05, 4.69) is 9.97 Å². The lowest BCUT2D eigenvalue weighted by atomic mass is 9.98. The largest absolute Gasteiger partial charge is 0.480 e. The molecule has 5 nitrogen and oxygen atoms in total. The molecule has 1 atom stereocenters. The van der Waals surface area contributed by atoms with Gasteiger partial charge >= 0.3 is 5.97 Å². The number of aliphatic carboxylic acids is 1. The zero-order chi connectivity index (χ0) is 12.0. The number of hydrogen-bond donors (Lipinski definition) is 2. The van der Waals surface area contributed by atoms with Gasteiger partial charge in [0.05, 0.1) is 5.03 Å². The maximum absolute atomic E-state index is 10.7. The number of aromatic nitrogens is 2. The fourth-order valence-corrected chi connectivity index (χ4v) is 1.86. The van der Waals surface area contributed by atoms with Crippen molar-refractivity contribution in [3.63, 3.8) is 0 Å². The van der Waals surface area contributed by atoms with Gasteiger partial charge < -0.3 is 10.8 Å². The van der Waals surface area contributed by atoms with Crippen LogP contribution in [0.3, 0.4) is 0 Å². The fourth-order valence-electron chi connectivity index (χ4n) is 1.09. The van der Waals surface area contributed by atoms with Crippen LogP contribution in [0, 0.1) is 0 Å². The predicted octanol–water partition coefficient (Wildman–Crippen LogP) is 1.15. The summed E-state index contributed by atoms with van der Waals surface area (Å²) in [6.07, 6.45) is 4.38. The number of rotatable bonds is 6. The second kappa shape index (κ2) is 5.81. The Balaban J connectivity index is 2.25. The minimum atomic E-state index is -1.13. The highest BCUT2D eigenvalue weighted by Gasteiger charge is 2.26. The lowest BCUT2D eigenvalue weighted by molar-refractivity contribution is -0.142. The number of nitrogens with two attached hydrogens (primary N) is 1. The van der Waals surface area contributed by atoms with Crippen LogP contribution in [-0.2, 0) is 4.79 Å². The van der Waals surface area contributed by atoms with Crippen LogP contribution in [0.4, 0.5) is 0 Å². The van der Waals surface area contributed by atoms with E-state index in [1.54, 1.807) is 18.0 Å². The van der Waals surface area contributed by atoms with Crippen LogP contribution in [0.25, 0.3) is 0 Å². The highest BCUT2D eigenvalue weighted by molar-refractivity contribution is 7.99. The summed E-state index contributed by atoms with van der Waals surface area (Å²) in [4.78, 5) is 18.6. The molecule has 0 bridgehead atoms. The molecule has 1 heterocycles. The maximum atomic E-state index is 10.7. The van der Waals surface area contributed by atoms with E-state index < -0.39 is 11.5 Å². The summed E-state index contributed by atoms with van der Waals surface area (Å²) in [5.74, 6) is -0.156. The molecule has 0 fully saturated rings. The monoisotopic (exact) mass is 241 g/mol. The molecule has 0 amide bonds. The first kappa shape index (κ1) is 12.9. The summed E-state index contributed by atoms with van der Waals surface area (Å²) in [5.41, 5.74) is 4.47. The Morgan fingerprint density at radius 1 is 1.69 bits per heavy atom. The molecule has 1 rings (SSSR count). The van der Waals surface area contributed by atoms with Gasteiger partial charge in [0.25, 0.3) is 0 Å². The Hall–Kier alpha value is -1.14. The molecule has 0 spiro atoms. The predicted molar refractivity (Wildman–Crippen MR) is 62.2 cm³/mol. The molecule has 1 unspecified atom stereocenters. The Morgan fingerprint density at radius 2 is 2.44 bits per heavy atom. The van der Waals surface area contributed by atoms with Gasteiger partial charge in [0.1, 0.15) is 11.9 Å². The molecule has 0 saturated carbocycles. The standard InChI is InChI=1S/C10H15N3O2S/c1-10(11,9(14)15)4-2-6-16-8-3-5-12-7-13-8/h3,5,7H,2,4,6,11H2,1H3,(H,14,15). The zero-order valence-corrected chi connectivity index (χ0v) is 9.91. The summed E-state index contributed by atoms with van der Waals surface area (Å²) in [5, 5.41) is 9.70. The number of carbonyl (C=O) groups is 1. The number of carboxylic acid groups (broad SMARTS) is 1. The van der Waals surface area contributed by atoms with Crippen LogP contribution in [0.2, 0.25) is 0 Å². The highest BCUT2D eigenvalue weighted by atomic mass is 32.2. The third-order valence-electron chi connectivity index (χ3n) is 2.13. The molecule has 0 aromatic carbocycles. The quantitative estimate of drug-likeness (QED) is 0.441. The van der Waals surface area contributed by atoms with Crippen molar-refractivity contribution in [3.05, 3.63) is 18.6 Å². The van der Waals surface area contributed by atoms with Crippen molar-refractivity contribution in [2.24, 2.45) is 5.73 Å². The molecule has 0 aliphatic heterocycles. The van der Waals surface area contributed by atoms with Crippen LogP contribution < -0.4 is 5.73 Å². The minimum absolute atomic E-state index is 0.459. The van der Waals surface area contributed by atoms with Crippen molar-refractivity contribution in [2.75, 3.05) is 5.75 Å². The van der Waals surface area contributed by atoms with Gasteiger partial charge in [-0.2, -0.15) is 0 Å². The average molecular weight is 241 g/mol. The average Bonchev–Trinajstić information content (AvgIpc) is 2.26. The first-order chi connectivity index (χ1) is 7.52. The summed E-state index contributed by atoms with van der Waals surface area (Å²) in [6.45, 7) is 1.53. The molecule has 0 radical (unpaired) electrons. The van der Waals surface area contributed by atoms with Crippen molar-refractivity contribution in [1.82, 2.24) is 9.97 Å². The third-order valence-corrected chi connectivity index (χ3v) is 3.16. The minimum Gasteiger partial charge on any atom is -0.480 e. The fraction of sp³-hybridized carbons (Fsp3) is 0.500. The number of thioether (sulfide) groups is 1. The summed E-state index contributed by atoms with van der Waals surface area (Å²) >= 11 is 1.57. The van der Waals surface area contributed by atoms with E-state index >= 15 is 0 Å². The molecular weight excluding hydrogens is 226 g/mol. The smallest absolute Gasteiger partial charge is 0.323 e. The first-order valence-corrected chi connectivity index (χ1v) is 5.92. The van der Waals surface area contributed by atoms with Crippen LogP contribution >= 0.6 is 11.8 Å². The Kier molecular flexibility index (Phi) is 4.70. The second-order valence-electron chi connectivity index (χ2n) is 3.72. The van der Waals surface area contributed by atoms with Crippen LogP contribution in [0.5, 0.6) is 0 Å². The van der Waals surface area contributed by atoms with Gasteiger partial charge in [-0.05, 0) is 31.6 Å². The Labute approximate surface area is 98.5 Å². The van der Waals surface area contributed by atoms with Crippen molar-refractivity contribution < 1.29 is 9.90 Å². The molecule has 88 valence electrons. The molecule has 16 heavy (non-hydrogen) atoms. The molecule has 1 aromatic heterocycles. The highest BCUT2D eigenvalue weighted by Crippen LogP contribution is 2.18. The zero-order valence-electron chi connectivity index (χ0n) is 9.09. The number of carboxylic acids is 1. The maximum Gasteiger partial charge on any atom is 0.323 e. The normalized spacial score (nSPS) is 14.4. The Morgan fingerprint density at radius 3 is 3.00 bits per heavy atom. The van der Waals surface area contributed by atoms with E-state index in [0.29, 0.717) is 6.42 Å². The van der Waals surface area contributed by atoms with E-state index in [0.717, 1.165) is 17.2 Å². The number of nitrogens with zero attached hydrogens (tertiary/aromatic N) is 2. The van der Waals surface area contributed by atoms with E-state index in [4.69, 9.17) is 10.8 Å². The van der Waals surface area contributed by atoms with Gasteiger partial charge in [-0.1, -0.05) is 0 Å². The summed E-state index contributed by atoms with van der Waals surface area (Å²) in [7, 11) is 0. The van der Waals surface area contributed by atoms with Gasteiger partial charge in [-0.25, -0.2) is 9.97 Å². The molecular formula is C10H15N3O2S. The second-order valence-corrected chi connectivity index (χ2v) is 4.84. The van der Waals surface area contributed by atoms with Gasteiger partial charge in [0.15, 0.2) is 0 Å². The van der Waals surface area contributed by atoms with Gasteiger partial charge in [-0.3, -0.25) is 4.79 Å². The van der Waals surface area contributed by atoms with E-state index in [1.807, 2.05) is 6.07 Å². The SMILES string of the molecule is CC(N)(CCCSc1ccncn1)C(=O)O. The number of hydrogen-bond acceptors (Lipinski definition) is 5. The van der Waals surface area contributed by atoms with Gasteiger partial charge in [0.2, 0.25) is 0 Å². The van der Waals surface area contributed by atoms with Crippen molar-refractivity contribution in [3.8, 4) is 0 Å². The van der Waals surface area contributed by atoms with E-state index in [-0.39, 0.29) is 0 Å². The lowest BCUT2D eigenvalue weighted by Crippen LogP contribution is -2.44. The molecule has 0 aliphatic carbocycles. The van der Waals surface area contributed by atoms with E-state index in [9.17, 15) is 4.79 Å². The lowest BCUT2D eigenvalue weighted by Gasteiger charge is -2.18. The van der Waals surface area contributed by atoms with Crippen molar-refractivity contribution >= 4 is 17.7 Å². The summed E-state index contributed by atoms with van der Waals surface area (Å²) in [6, 6.07) is 1.82. The third kappa shape index (κ3) is 4.16. The first-order valence-electron chi connectivity index (χ1n) is 4.93. The van der Waals surface area contributed by atoms with Crippen LogP contribution in [-0.4, -0.2) is 32.3 Å². The van der Waals surface area contributed by atoms with Crippen LogP contribution in [0.1, 0.15) is 19.8 Å². The molecule has 0 saturated heterocycles. The van der Waals surface area contributed by atoms with Crippen molar-refractivity contribution in [2.45, 2.75) is 30.3 Å². The summed E-state index contributed by atoms with van der Waals surface area (Å²) < 4.78 is 0. The molecule has 6 heteroatoms. The molecule has 0 aliphatic rings. The topological polar surface area (TPSA) is 89.1 Å².